The molecule has 2 aliphatic rings. The zero-order valence-electron chi connectivity index (χ0n) is 21.9. The minimum absolute atomic E-state index is 0.0260. The third-order valence-electron chi connectivity index (χ3n) is 7.86. The number of nitrogens with one attached hydrogen (secondary N) is 1. The summed E-state index contributed by atoms with van der Waals surface area (Å²) in [6.45, 7) is 2.47. The van der Waals surface area contributed by atoms with Crippen LogP contribution in [0.15, 0.2) is 59.8 Å². The van der Waals surface area contributed by atoms with Crippen LogP contribution in [-0.4, -0.2) is 63.8 Å². The second-order valence-electron chi connectivity index (χ2n) is 10.4. The number of carbonyl (C=O) groups excluding carboxylic acids is 1. The molecule has 2 amide bonds. The zero-order chi connectivity index (χ0) is 27.3. The number of nitrogens with zero attached hydrogens (tertiary/aromatic N) is 5. The maximum atomic E-state index is 13.0. The van der Waals surface area contributed by atoms with Crippen molar-refractivity contribution in [2.45, 2.75) is 55.5 Å². The van der Waals surface area contributed by atoms with E-state index >= 15 is 0 Å². The van der Waals surface area contributed by atoms with E-state index in [4.69, 9.17) is 10.7 Å². The molecule has 2 fully saturated rings. The highest BCUT2D eigenvalue weighted by atomic mass is 32.2. The minimum atomic E-state index is -3.70. The number of benzene rings is 1. The molecule has 202 valence electrons. The number of urea groups is 1. The van der Waals surface area contributed by atoms with E-state index in [-0.39, 0.29) is 34.7 Å². The molecule has 3 aromatic heterocycles. The van der Waals surface area contributed by atoms with E-state index in [1.807, 2.05) is 54.3 Å². The molecular weight excluding hydrogens is 514 g/mol. The van der Waals surface area contributed by atoms with Gasteiger partial charge in [-0.2, -0.15) is 9.61 Å². The van der Waals surface area contributed by atoms with Gasteiger partial charge in [0.1, 0.15) is 10.7 Å². The zero-order valence-corrected chi connectivity index (χ0v) is 22.7. The number of piperidine rings is 1. The molecule has 2 bridgehead atoms. The quantitative estimate of drug-likeness (QED) is 0.388. The molecule has 0 spiro atoms. The lowest BCUT2D eigenvalue weighted by Gasteiger charge is -2.39. The van der Waals surface area contributed by atoms with Crippen molar-refractivity contribution in [3.63, 3.8) is 0 Å². The van der Waals surface area contributed by atoms with Crippen molar-refractivity contribution in [1.29, 1.82) is 0 Å². The Morgan fingerprint density at radius 2 is 1.77 bits per heavy atom. The van der Waals surface area contributed by atoms with Gasteiger partial charge >= 0.3 is 6.03 Å². The standard InChI is InChI=1S/C28H31N7O3S/c1-3-30-28(36)34-20-10-11-21(34)14-19(13-20)24-25(39(2,37)38)26(29)35-27(33-24)22(16-32-35)18-9-12-23(31-15-18)17-7-5-4-6-8-17/h4-9,12,15-16,19-21H,3,10-11,13-14,29H2,1-2H3,(H,30,36)/t19-,20+,21-. The van der Waals surface area contributed by atoms with Crippen LogP contribution >= 0.6 is 0 Å². The van der Waals surface area contributed by atoms with E-state index < -0.39 is 9.84 Å². The van der Waals surface area contributed by atoms with Crippen molar-refractivity contribution in [3.8, 4) is 22.4 Å². The number of amides is 2. The van der Waals surface area contributed by atoms with Crippen molar-refractivity contribution in [1.82, 2.24) is 29.8 Å². The summed E-state index contributed by atoms with van der Waals surface area (Å²) in [5.41, 5.74) is 10.8. The van der Waals surface area contributed by atoms with E-state index in [0.717, 1.165) is 41.5 Å². The lowest BCUT2D eigenvalue weighted by atomic mass is 9.88. The molecule has 2 aliphatic heterocycles. The highest BCUT2D eigenvalue weighted by molar-refractivity contribution is 7.91. The Kier molecular flexibility index (Phi) is 6.25. The van der Waals surface area contributed by atoms with Crippen molar-refractivity contribution < 1.29 is 13.2 Å². The number of aromatic nitrogens is 4. The fraction of sp³-hybridized carbons (Fsp3) is 0.357. The molecule has 2 saturated heterocycles. The normalized spacial score (nSPS) is 20.9. The first-order valence-corrected chi connectivity index (χ1v) is 15.1. The SMILES string of the molecule is CCNC(=O)N1[C@@H]2CC[C@H]1C[C@@H](c1nc3c(-c4ccc(-c5ccccc5)nc4)cnn3c(N)c1S(C)(=O)=O)C2. The van der Waals surface area contributed by atoms with E-state index in [1.165, 1.54) is 4.52 Å². The lowest BCUT2D eigenvalue weighted by molar-refractivity contribution is 0.137. The Bertz CT molecular complexity index is 1640. The first-order valence-electron chi connectivity index (χ1n) is 13.2. The number of hydrogen-bond acceptors (Lipinski definition) is 7. The molecule has 0 aliphatic carbocycles. The molecule has 3 atom stereocenters. The first kappa shape index (κ1) is 25.3. The van der Waals surface area contributed by atoms with Gasteiger partial charge in [-0.15, -0.1) is 0 Å². The van der Waals surface area contributed by atoms with Gasteiger partial charge in [-0.1, -0.05) is 36.4 Å². The van der Waals surface area contributed by atoms with Crippen LogP contribution in [0.5, 0.6) is 0 Å². The van der Waals surface area contributed by atoms with E-state index in [9.17, 15) is 13.2 Å². The second-order valence-corrected chi connectivity index (χ2v) is 12.3. The number of nitrogens with two attached hydrogens (primary N) is 1. The van der Waals surface area contributed by atoms with Gasteiger partial charge in [0, 0.05) is 53.7 Å². The maximum absolute atomic E-state index is 13.0. The maximum Gasteiger partial charge on any atom is 0.317 e. The van der Waals surface area contributed by atoms with Crippen molar-refractivity contribution in [2.24, 2.45) is 0 Å². The Hall–Kier alpha value is -3.99. The van der Waals surface area contributed by atoms with Crippen LogP contribution in [0.25, 0.3) is 28.0 Å². The molecule has 0 radical (unpaired) electrons. The number of hydrogen-bond donors (Lipinski definition) is 2. The van der Waals surface area contributed by atoms with Crippen LogP contribution < -0.4 is 11.1 Å². The minimum Gasteiger partial charge on any atom is -0.382 e. The number of anilines is 1. The van der Waals surface area contributed by atoms with E-state index in [0.29, 0.717) is 30.7 Å². The third-order valence-corrected chi connectivity index (χ3v) is 9.02. The predicted octanol–water partition coefficient (Wildman–Crippen LogP) is 3.88. The van der Waals surface area contributed by atoms with Crippen molar-refractivity contribution in [2.75, 3.05) is 18.5 Å². The number of nitrogen functional groups attached to an aromatic ring is 1. The van der Waals surface area contributed by atoms with Gasteiger partial charge in [0.15, 0.2) is 15.5 Å². The van der Waals surface area contributed by atoms with Crippen LogP contribution in [0, 0.1) is 0 Å². The Morgan fingerprint density at radius 1 is 1.05 bits per heavy atom. The number of fused-ring (bicyclic) bond motifs is 3. The fourth-order valence-electron chi connectivity index (χ4n) is 6.19. The smallest absolute Gasteiger partial charge is 0.317 e. The van der Waals surface area contributed by atoms with Crippen LogP contribution in [0.3, 0.4) is 0 Å². The van der Waals surface area contributed by atoms with Gasteiger partial charge in [-0.05, 0) is 38.7 Å². The Balaban J connectivity index is 1.42. The molecule has 6 rings (SSSR count). The van der Waals surface area contributed by atoms with Crippen LogP contribution in [0.4, 0.5) is 10.6 Å². The molecule has 39 heavy (non-hydrogen) atoms. The summed E-state index contributed by atoms with van der Waals surface area (Å²) >= 11 is 0. The largest absolute Gasteiger partial charge is 0.382 e. The summed E-state index contributed by atoms with van der Waals surface area (Å²) in [5, 5.41) is 7.32. The van der Waals surface area contributed by atoms with Crippen molar-refractivity contribution in [3.05, 3.63) is 60.6 Å². The van der Waals surface area contributed by atoms with E-state index in [1.54, 1.807) is 12.4 Å². The molecule has 1 aromatic carbocycles. The first-order chi connectivity index (χ1) is 18.8. The lowest BCUT2D eigenvalue weighted by Crippen LogP contribution is -2.50. The summed E-state index contributed by atoms with van der Waals surface area (Å²) in [5.74, 6) is -0.0948. The monoisotopic (exact) mass is 545 g/mol. The van der Waals surface area contributed by atoms with Gasteiger partial charge in [-0.3, -0.25) is 4.98 Å². The second kappa shape index (κ2) is 9.64. The average molecular weight is 546 g/mol. The summed E-state index contributed by atoms with van der Waals surface area (Å²) < 4.78 is 27.4. The molecule has 10 nitrogen and oxygen atoms in total. The Morgan fingerprint density at radius 3 is 2.38 bits per heavy atom. The summed E-state index contributed by atoms with van der Waals surface area (Å²) in [6, 6.07) is 13.8. The highest BCUT2D eigenvalue weighted by Crippen LogP contribution is 2.45. The van der Waals surface area contributed by atoms with Gasteiger partial charge in [0.2, 0.25) is 0 Å². The fourth-order valence-corrected chi connectivity index (χ4v) is 7.24. The molecule has 0 saturated carbocycles. The predicted molar refractivity (Wildman–Crippen MR) is 149 cm³/mol. The van der Waals surface area contributed by atoms with E-state index in [2.05, 4.69) is 15.4 Å². The topological polar surface area (TPSA) is 136 Å². The van der Waals surface area contributed by atoms with Crippen LogP contribution in [-0.2, 0) is 9.84 Å². The van der Waals surface area contributed by atoms with Gasteiger partial charge < -0.3 is 16.0 Å². The summed E-state index contributed by atoms with van der Waals surface area (Å²) in [4.78, 5) is 24.2. The number of rotatable bonds is 5. The number of pyridine rings is 1. The average Bonchev–Trinajstić information content (AvgIpc) is 3.47. The van der Waals surface area contributed by atoms with Gasteiger partial charge in [-0.25, -0.2) is 18.2 Å². The molecule has 0 unspecified atom stereocenters. The highest BCUT2D eigenvalue weighted by Gasteiger charge is 2.45. The molecule has 3 N–H and O–H groups in total. The van der Waals surface area contributed by atoms with Gasteiger partial charge in [0.05, 0.1) is 17.6 Å². The van der Waals surface area contributed by atoms with Crippen LogP contribution in [0.1, 0.15) is 44.2 Å². The molecule has 5 heterocycles. The summed E-state index contributed by atoms with van der Waals surface area (Å²) in [7, 11) is -3.70. The van der Waals surface area contributed by atoms with Crippen molar-refractivity contribution >= 4 is 27.3 Å². The number of sulfone groups is 1. The van der Waals surface area contributed by atoms with Gasteiger partial charge in [0.25, 0.3) is 0 Å². The number of carbonyl (C=O) groups is 1. The molecular formula is C28H31N7O3S. The Labute approximate surface area is 227 Å². The van der Waals surface area contributed by atoms with Crippen LogP contribution in [0.2, 0.25) is 0 Å². The molecule has 4 aromatic rings. The third kappa shape index (κ3) is 4.40. The molecule has 11 heteroatoms. The summed E-state index contributed by atoms with van der Waals surface area (Å²) in [6.07, 6.45) is 7.63.